The maximum Gasteiger partial charge on any atom is 0.216 e. The zero-order valence-corrected chi connectivity index (χ0v) is 12.5. The van der Waals surface area contributed by atoms with E-state index in [1.165, 1.54) is 6.33 Å². The monoisotopic (exact) mass is 311 g/mol. The molecule has 0 radical (unpaired) electrons. The van der Waals surface area contributed by atoms with Gasteiger partial charge in [0.1, 0.15) is 25.3 Å². The van der Waals surface area contributed by atoms with Crippen LogP contribution in [0.15, 0.2) is 55.1 Å². The molecule has 0 bridgehead atoms. The van der Waals surface area contributed by atoms with Crippen molar-refractivity contribution in [1.82, 2.24) is 14.8 Å². The van der Waals surface area contributed by atoms with E-state index in [9.17, 15) is 5.11 Å². The van der Waals surface area contributed by atoms with Crippen molar-refractivity contribution in [2.45, 2.75) is 18.4 Å². The highest BCUT2D eigenvalue weighted by atomic mass is 16.7. The van der Waals surface area contributed by atoms with E-state index in [2.05, 4.69) is 22.2 Å². The number of rotatable bonds is 4. The highest BCUT2D eigenvalue weighted by Crippen LogP contribution is 2.39. The van der Waals surface area contributed by atoms with Crippen LogP contribution in [0.2, 0.25) is 0 Å². The molecule has 6 nitrogen and oxygen atoms in total. The summed E-state index contributed by atoms with van der Waals surface area (Å²) in [6.45, 7) is 0.635. The van der Waals surface area contributed by atoms with Crippen molar-refractivity contribution in [1.29, 1.82) is 0 Å². The van der Waals surface area contributed by atoms with Gasteiger partial charge in [0.05, 0.1) is 13.2 Å². The van der Waals surface area contributed by atoms with Gasteiger partial charge in [-0.25, -0.2) is 9.67 Å². The van der Waals surface area contributed by atoms with Gasteiger partial charge in [0, 0.05) is 5.56 Å². The smallest absolute Gasteiger partial charge is 0.216 e. The lowest BCUT2D eigenvalue weighted by molar-refractivity contribution is -0.190. The number of hydrogen-bond donors (Lipinski definition) is 1. The fourth-order valence-electron chi connectivity index (χ4n) is 3.05. The Kier molecular flexibility index (Phi) is 3.57. The quantitative estimate of drug-likeness (QED) is 0.794. The second-order valence-corrected chi connectivity index (χ2v) is 5.61. The number of benzene rings is 2. The Morgan fingerprint density at radius 3 is 2.87 bits per heavy atom. The molecule has 118 valence electrons. The molecule has 0 amide bonds. The Labute approximate surface area is 133 Å². The molecule has 1 saturated heterocycles. The number of aromatic nitrogens is 3. The largest absolute Gasteiger partial charge is 0.394 e. The number of nitrogens with zero attached hydrogens (tertiary/aromatic N) is 3. The summed E-state index contributed by atoms with van der Waals surface area (Å²) in [5.41, 5.74) is 0.932. The summed E-state index contributed by atoms with van der Waals surface area (Å²) in [5.74, 6) is -0.984. The molecule has 4 rings (SSSR count). The van der Waals surface area contributed by atoms with E-state index in [1.807, 2.05) is 30.3 Å². The normalized spacial score (nSPS) is 24.3. The topological polar surface area (TPSA) is 69.4 Å². The number of fused-ring (bicyclic) bond motifs is 1. The molecular weight excluding hydrogens is 294 g/mol. The fourth-order valence-corrected chi connectivity index (χ4v) is 3.05. The van der Waals surface area contributed by atoms with E-state index < -0.39 is 5.79 Å². The predicted molar refractivity (Wildman–Crippen MR) is 83.6 cm³/mol. The minimum Gasteiger partial charge on any atom is -0.394 e. The number of ether oxygens (including phenoxy) is 2. The van der Waals surface area contributed by atoms with Gasteiger partial charge in [-0.2, -0.15) is 5.10 Å². The molecule has 1 N–H and O–H groups in total. The van der Waals surface area contributed by atoms with Crippen LogP contribution in [0.3, 0.4) is 0 Å². The molecule has 1 aromatic heterocycles. The Hall–Kier alpha value is -2.28. The third-order valence-corrected chi connectivity index (χ3v) is 4.10. The lowest BCUT2D eigenvalue weighted by Gasteiger charge is -2.29. The summed E-state index contributed by atoms with van der Waals surface area (Å²) in [5, 5.41) is 15.8. The molecule has 2 unspecified atom stereocenters. The van der Waals surface area contributed by atoms with Gasteiger partial charge in [-0.3, -0.25) is 0 Å². The van der Waals surface area contributed by atoms with Crippen molar-refractivity contribution in [3.05, 3.63) is 60.7 Å². The Morgan fingerprint density at radius 2 is 2.09 bits per heavy atom. The van der Waals surface area contributed by atoms with Gasteiger partial charge in [0.2, 0.25) is 5.79 Å². The van der Waals surface area contributed by atoms with Gasteiger partial charge in [-0.05, 0) is 10.8 Å². The molecule has 0 spiro atoms. The zero-order valence-electron chi connectivity index (χ0n) is 12.5. The van der Waals surface area contributed by atoms with Crippen molar-refractivity contribution in [3.63, 3.8) is 0 Å². The average Bonchev–Trinajstić information content (AvgIpc) is 3.25. The molecule has 2 heterocycles. The van der Waals surface area contributed by atoms with Gasteiger partial charge >= 0.3 is 0 Å². The van der Waals surface area contributed by atoms with Crippen molar-refractivity contribution < 1.29 is 14.6 Å². The molecule has 3 aromatic rings. The van der Waals surface area contributed by atoms with Gasteiger partial charge in [-0.1, -0.05) is 42.5 Å². The van der Waals surface area contributed by atoms with Crippen LogP contribution in [0.25, 0.3) is 10.8 Å². The molecule has 1 fully saturated rings. The van der Waals surface area contributed by atoms with Crippen molar-refractivity contribution in [2.24, 2.45) is 0 Å². The van der Waals surface area contributed by atoms with E-state index in [4.69, 9.17) is 9.47 Å². The van der Waals surface area contributed by atoms with Crippen molar-refractivity contribution in [2.75, 3.05) is 13.2 Å². The van der Waals surface area contributed by atoms with Gasteiger partial charge in [0.25, 0.3) is 0 Å². The van der Waals surface area contributed by atoms with Crippen molar-refractivity contribution >= 4 is 10.8 Å². The van der Waals surface area contributed by atoms with Gasteiger partial charge in [0.15, 0.2) is 0 Å². The third kappa shape index (κ3) is 2.50. The van der Waals surface area contributed by atoms with E-state index in [-0.39, 0.29) is 12.7 Å². The standard InChI is InChI=1S/C17H17N3O3/c21-8-14-9-22-17(23-14,10-20-12-18-11-19-20)16-7-3-5-13-4-1-2-6-15(13)16/h1-7,11-12,14,21H,8-10H2. The number of aliphatic hydroxyl groups excluding tert-OH is 1. The van der Waals surface area contributed by atoms with Crippen LogP contribution >= 0.6 is 0 Å². The summed E-state index contributed by atoms with van der Waals surface area (Å²) < 4.78 is 13.8. The lowest BCUT2D eigenvalue weighted by atomic mass is 9.97. The van der Waals surface area contributed by atoms with E-state index >= 15 is 0 Å². The Morgan fingerprint density at radius 1 is 1.22 bits per heavy atom. The predicted octanol–water partition coefficient (Wildman–Crippen LogP) is 1.69. The van der Waals surface area contributed by atoms with Crippen LogP contribution in [-0.2, 0) is 21.8 Å². The number of aliphatic hydroxyl groups is 1. The van der Waals surface area contributed by atoms with Crippen LogP contribution in [0.4, 0.5) is 0 Å². The Balaban J connectivity index is 1.84. The van der Waals surface area contributed by atoms with E-state index in [0.29, 0.717) is 13.2 Å². The highest BCUT2D eigenvalue weighted by Gasteiger charge is 2.44. The zero-order chi connectivity index (χ0) is 15.7. The minimum absolute atomic E-state index is 0.0795. The van der Waals surface area contributed by atoms with Gasteiger partial charge < -0.3 is 14.6 Å². The SMILES string of the molecule is OCC1COC(Cn2cncn2)(c2cccc3ccccc23)O1. The van der Waals surface area contributed by atoms with Crippen LogP contribution in [0.1, 0.15) is 5.56 Å². The molecule has 1 aliphatic rings. The van der Waals surface area contributed by atoms with Crippen molar-refractivity contribution in [3.8, 4) is 0 Å². The number of hydrogen-bond acceptors (Lipinski definition) is 5. The van der Waals surface area contributed by atoms with Crippen LogP contribution in [-0.4, -0.2) is 39.2 Å². The summed E-state index contributed by atoms with van der Waals surface area (Å²) in [4.78, 5) is 3.98. The van der Waals surface area contributed by atoms with Crippen LogP contribution < -0.4 is 0 Å². The molecule has 0 aliphatic carbocycles. The minimum atomic E-state index is -0.984. The summed E-state index contributed by atoms with van der Waals surface area (Å²) >= 11 is 0. The molecule has 23 heavy (non-hydrogen) atoms. The first-order valence-corrected chi connectivity index (χ1v) is 7.54. The molecule has 0 saturated carbocycles. The first-order valence-electron chi connectivity index (χ1n) is 7.54. The third-order valence-electron chi connectivity index (χ3n) is 4.10. The maximum atomic E-state index is 9.44. The van der Waals surface area contributed by atoms with Gasteiger partial charge in [-0.15, -0.1) is 0 Å². The lowest BCUT2D eigenvalue weighted by Crippen LogP contribution is -2.34. The Bertz CT molecular complexity index is 800. The molecule has 1 aliphatic heterocycles. The summed E-state index contributed by atoms with van der Waals surface area (Å²) in [7, 11) is 0. The second kappa shape index (κ2) is 5.73. The summed E-state index contributed by atoms with van der Waals surface area (Å²) in [6, 6.07) is 14.1. The average molecular weight is 311 g/mol. The van der Waals surface area contributed by atoms with Crippen LogP contribution in [0, 0.1) is 0 Å². The first-order chi connectivity index (χ1) is 11.3. The molecule has 6 heteroatoms. The summed E-state index contributed by atoms with van der Waals surface area (Å²) in [6.07, 6.45) is 2.76. The second-order valence-electron chi connectivity index (χ2n) is 5.61. The highest BCUT2D eigenvalue weighted by molar-refractivity contribution is 5.86. The van der Waals surface area contributed by atoms with Crippen LogP contribution in [0.5, 0.6) is 0 Å². The molecule has 2 atom stereocenters. The van der Waals surface area contributed by atoms with E-state index in [1.54, 1.807) is 11.0 Å². The fraction of sp³-hybridized carbons (Fsp3) is 0.294. The van der Waals surface area contributed by atoms with E-state index in [0.717, 1.165) is 16.3 Å². The molecular formula is C17H17N3O3. The first kappa shape index (κ1) is 14.3. The maximum absolute atomic E-state index is 9.44. The molecule has 2 aromatic carbocycles.